The van der Waals surface area contributed by atoms with Gasteiger partial charge in [0.1, 0.15) is 5.82 Å². The van der Waals surface area contributed by atoms with Crippen LogP contribution < -0.4 is 4.90 Å². The lowest BCUT2D eigenvalue weighted by atomic mass is 10.1. The van der Waals surface area contributed by atoms with Gasteiger partial charge in [0, 0.05) is 24.2 Å². The number of aromatic nitrogens is 1. The van der Waals surface area contributed by atoms with Crippen molar-refractivity contribution in [1.82, 2.24) is 4.98 Å². The maximum atomic E-state index is 11.4. The number of hydrogen-bond donors (Lipinski definition) is 0. The third-order valence-corrected chi connectivity index (χ3v) is 2.66. The molecule has 2 heterocycles. The quantitative estimate of drug-likeness (QED) is 0.351. The molecule has 1 fully saturated rings. The van der Waals surface area contributed by atoms with Crippen molar-refractivity contribution >= 4 is 11.8 Å². The highest BCUT2D eigenvalue weighted by atomic mass is 16.5. The smallest absolute Gasteiger partial charge is 0.339 e. The fourth-order valence-electron chi connectivity index (χ4n) is 1.70. The zero-order valence-electron chi connectivity index (χ0n) is 9.98. The second kappa shape index (κ2) is 5.37. The van der Waals surface area contributed by atoms with Crippen molar-refractivity contribution in [1.29, 1.82) is 0 Å². The summed E-state index contributed by atoms with van der Waals surface area (Å²) in [4.78, 5) is 20.3. The summed E-state index contributed by atoms with van der Waals surface area (Å²) in [5.41, 5.74) is 8.72. The van der Waals surface area contributed by atoms with Gasteiger partial charge < -0.3 is 9.64 Å². The molecule has 0 amide bonds. The van der Waals surface area contributed by atoms with Gasteiger partial charge in [-0.15, -0.1) is 0 Å². The van der Waals surface area contributed by atoms with Gasteiger partial charge in [0.25, 0.3) is 0 Å². The van der Waals surface area contributed by atoms with E-state index >= 15 is 0 Å². The minimum atomic E-state index is -0.368. The topological polar surface area (TPSA) is 91.2 Å². The maximum Gasteiger partial charge on any atom is 0.339 e. The Morgan fingerprint density at radius 2 is 2.44 bits per heavy atom. The average molecular weight is 247 g/mol. The molecule has 2 rings (SSSR count). The Bertz CT molecular complexity index is 475. The molecule has 7 nitrogen and oxygen atoms in total. The first-order valence-corrected chi connectivity index (χ1v) is 5.67. The predicted molar refractivity (Wildman–Crippen MR) is 65.3 cm³/mol. The van der Waals surface area contributed by atoms with Crippen LogP contribution in [0.15, 0.2) is 23.4 Å². The zero-order valence-corrected chi connectivity index (χ0v) is 9.98. The summed E-state index contributed by atoms with van der Waals surface area (Å²) in [6.45, 7) is 3.43. The SMILES string of the molecule is CCOC(=O)c1ccc(N2CC(N=[N+]=[N-])C2)nc1. The highest BCUT2D eigenvalue weighted by molar-refractivity contribution is 5.89. The molecular weight excluding hydrogens is 234 g/mol. The van der Waals surface area contributed by atoms with E-state index in [4.69, 9.17) is 10.3 Å². The Balaban J connectivity index is 1.97. The molecule has 1 aliphatic rings. The summed E-state index contributed by atoms with van der Waals surface area (Å²) in [7, 11) is 0. The number of pyridine rings is 1. The Labute approximate surface area is 104 Å². The lowest BCUT2D eigenvalue weighted by Crippen LogP contribution is -2.50. The van der Waals surface area contributed by atoms with E-state index in [1.807, 2.05) is 4.90 Å². The average Bonchev–Trinajstić information content (AvgIpc) is 2.34. The Morgan fingerprint density at radius 1 is 1.67 bits per heavy atom. The number of carbonyl (C=O) groups excluding carboxylic acids is 1. The van der Waals surface area contributed by atoms with E-state index < -0.39 is 0 Å². The first-order valence-electron chi connectivity index (χ1n) is 5.67. The molecule has 0 aromatic carbocycles. The molecule has 0 aliphatic carbocycles. The molecule has 0 atom stereocenters. The summed E-state index contributed by atoms with van der Waals surface area (Å²) >= 11 is 0. The van der Waals surface area contributed by atoms with Crippen LogP contribution in [0.2, 0.25) is 0 Å². The van der Waals surface area contributed by atoms with E-state index in [2.05, 4.69) is 15.0 Å². The highest BCUT2D eigenvalue weighted by Gasteiger charge is 2.26. The van der Waals surface area contributed by atoms with Crippen LogP contribution in [0.5, 0.6) is 0 Å². The third kappa shape index (κ3) is 2.52. The number of rotatable bonds is 4. The number of hydrogen-bond acceptors (Lipinski definition) is 5. The minimum Gasteiger partial charge on any atom is -0.462 e. The van der Waals surface area contributed by atoms with Crippen molar-refractivity contribution < 1.29 is 9.53 Å². The van der Waals surface area contributed by atoms with Gasteiger partial charge in [-0.3, -0.25) is 0 Å². The molecule has 0 bridgehead atoms. The largest absolute Gasteiger partial charge is 0.462 e. The van der Waals surface area contributed by atoms with Crippen molar-refractivity contribution in [3.05, 3.63) is 34.3 Å². The van der Waals surface area contributed by atoms with Crippen LogP contribution >= 0.6 is 0 Å². The van der Waals surface area contributed by atoms with Crippen molar-refractivity contribution in [3.63, 3.8) is 0 Å². The van der Waals surface area contributed by atoms with Crippen molar-refractivity contribution in [2.24, 2.45) is 5.11 Å². The van der Waals surface area contributed by atoms with Gasteiger partial charge in [0.2, 0.25) is 0 Å². The summed E-state index contributed by atoms with van der Waals surface area (Å²) in [5, 5.41) is 3.61. The van der Waals surface area contributed by atoms with Gasteiger partial charge in [-0.05, 0) is 24.6 Å². The Hall–Kier alpha value is -2.27. The van der Waals surface area contributed by atoms with Crippen molar-refractivity contribution in [2.45, 2.75) is 13.0 Å². The second-order valence-electron chi connectivity index (χ2n) is 3.89. The van der Waals surface area contributed by atoms with Gasteiger partial charge in [0.05, 0.1) is 18.2 Å². The number of esters is 1. The number of carbonyl (C=O) groups is 1. The van der Waals surface area contributed by atoms with E-state index in [0.29, 0.717) is 25.3 Å². The van der Waals surface area contributed by atoms with E-state index in [1.165, 1.54) is 6.20 Å². The van der Waals surface area contributed by atoms with E-state index in [0.717, 1.165) is 5.82 Å². The van der Waals surface area contributed by atoms with Crippen LogP contribution in [-0.4, -0.2) is 36.7 Å². The molecule has 0 unspecified atom stereocenters. The number of ether oxygens (including phenoxy) is 1. The van der Waals surface area contributed by atoms with Gasteiger partial charge in [-0.1, -0.05) is 5.11 Å². The lowest BCUT2D eigenvalue weighted by Gasteiger charge is -2.37. The molecule has 1 saturated heterocycles. The lowest BCUT2D eigenvalue weighted by molar-refractivity contribution is 0.0526. The summed E-state index contributed by atoms with van der Waals surface area (Å²) in [6.07, 6.45) is 1.49. The highest BCUT2D eigenvalue weighted by Crippen LogP contribution is 2.20. The van der Waals surface area contributed by atoms with Gasteiger partial charge in [-0.25, -0.2) is 9.78 Å². The van der Waals surface area contributed by atoms with Crippen LogP contribution in [0.1, 0.15) is 17.3 Å². The number of anilines is 1. The first kappa shape index (κ1) is 12.2. The van der Waals surface area contributed by atoms with Crippen molar-refractivity contribution in [3.8, 4) is 0 Å². The number of azide groups is 1. The summed E-state index contributed by atoms with van der Waals surface area (Å²) < 4.78 is 4.87. The first-order chi connectivity index (χ1) is 8.74. The molecule has 1 aliphatic heterocycles. The Morgan fingerprint density at radius 3 is 3.00 bits per heavy atom. The zero-order chi connectivity index (χ0) is 13.0. The van der Waals surface area contributed by atoms with Gasteiger partial charge in [0.15, 0.2) is 0 Å². The predicted octanol–water partition coefficient (Wildman–Crippen LogP) is 1.76. The van der Waals surface area contributed by atoms with Crippen molar-refractivity contribution in [2.75, 3.05) is 24.6 Å². The van der Waals surface area contributed by atoms with Gasteiger partial charge in [-0.2, -0.15) is 0 Å². The molecule has 1 aromatic heterocycles. The van der Waals surface area contributed by atoms with E-state index in [1.54, 1.807) is 19.1 Å². The number of nitrogens with zero attached hydrogens (tertiary/aromatic N) is 5. The molecule has 94 valence electrons. The van der Waals surface area contributed by atoms with Gasteiger partial charge >= 0.3 is 5.97 Å². The maximum absolute atomic E-state index is 11.4. The Kier molecular flexibility index (Phi) is 3.64. The molecule has 1 aromatic rings. The van der Waals surface area contributed by atoms with Crippen LogP contribution in [0.25, 0.3) is 10.4 Å². The standard InChI is InChI=1S/C11H13N5O2/c1-2-18-11(17)8-3-4-10(13-5-8)16-6-9(7-16)14-15-12/h3-5,9H,2,6-7H2,1H3. The van der Waals surface area contributed by atoms with Crippen LogP contribution in [0.3, 0.4) is 0 Å². The molecular formula is C11H13N5O2. The van der Waals surface area contributed by atoms with Crippen LogP contribution in [-0.2, 0) is 4.74 Å². The fourth-order valence-corrected chi connectivity index (χ4v) is 1.70. The van der Waals surface area contributed by atoms with Crippen LogP contribution in [0, 0.1) is 0 Å². The molecule has 0 N–H and O–H groups in total. The normalized spacial score (nSPS) is 14.6. The summed E-state index contributed by atoms with van der Waals surface area (Å²) in [5.74, 6) is 0.402. The molecule has 0 radical (unpaired) electrons. The molecule has 7 heteroatoms. The third-order valence-electron chi connectivity index (χ3n) is 2.66. The van der Waals surface area contributed by atoms with E-state index in [9.17, 15) is 4.79 Å². The summed E-state index contributed by atoms with van der Waals surface area (Å²) in [6, 6.07) is 3.46. The monoisotopic (exact) mass is 247 g/mol. The second-order valence-corrected chi connectivity index (χ2v) is 3.89. The van der Waals surface area contributed by atoms with E-state index in [-0.39, 0.29) is 12.0 Å². The molecule has 0 saturated carbocycles. The molecule has 0 spiro atoms. The fraction of sp³-hybridized carbons (Fsp3) is 0.455. The van der Waals surface area contributed by atoms with Crippen LogP contribution in [0.4, 0.5) is 5.82 Å². The minimum absolute atomic E-state index is 0.0153. The molecule has 18 heavy (non-hydrogen) atoms.